The summed E-state index contributed by atoms with van der Waals surface area (Å²) in [6.07, 6.45) is 0.829. The van der Waals surface area contributed by atoms with Crippen molar-refractivity contribution in [3.05, 3.63) is 52.6 Å². The molecule has 0 fully saturated rings. The summed E-state index contributed by atoms with van der Waals surface area (Å²) in [6.45, 7) is 5.87. The van der Waals surface area contributed by atoms with Crippen LogP contribution in [-0.4, -0.2) is 32.6 Å². The number of methoxy groups -OCH3 is 2. The zero-order valence-electron chi connectivity index (χ0n) is 17.1. The lowest BCUT2D eigenvalue weighted by atomic mass is 10.1. The van der Waals surface area contributed by atoms with Gasteiger partial charge >= 0.3 is 0 Å². The van der Waals surface area contributed by atoms with Gasteiger partial charge in [-0.1, -0.05) is 23.8 Å². The van der Waals surface area contributed by atoms with Crippen LogP contribution in [0.5, 0.6) is 11.5 Å². The minimum atomic E-state index is -0.241. The van der Waals surface area contributed by atoms with E-state index in [-0.39, 0.29) is 24.8 Å². The van der Waals surface area contributed by atoms with Crippen molar-refractivity contribution in [2.24, 2.45) is 0 Å². The molecule has 0 bridgehead atoms. The van der Waals surface area contributed by atoms with Crippen molar-refractivity contribution in [3.8, 4) is 11.5 Å². The third-order valence-corrected chi connectivity index (χ3v) is 4.48. The maximum atomic E-state index is 12.2. The van der Waals surface area contributed by atoms with E-state index in [1.807, 2.05) is 51.1 Å². The van der Waals surface area contributed by atoms with E-state index >= 15 is 0 Å². The molecular weight excluding hydrogens is 356 g/mol. The highest BCUT2D eigenvalue weighted by molar-refractivity contribution is 5.95. The fourth-order valence-electron chi connectivity index (χ4n) is 3.12. The van der Waals surface area contributed by atoms with Gasteiger partial charge in [0.05, 0.1) is 20.8 Å². The summed E-state index contributed by atoms with van der Waals surface area (Å²) in [5, 5.41) is 5.55. The van der Waals surface area contributed by atoms with Gasteiger partial charge in [0.1, 0.15) is 0 Å². The van der Waals surface area contributed by atoms with E-state index in [0.717, 1.165) is 27.9 Å². The summed E-state index contributed by atoms with van der Waals surface area (Å²) in [6, 6.07) is 9.59. The standard InChI is InChI=1S/C22H28N2O4/c1-14-10-15(2)22(16(3)11-14)24-21(26)13-23-20(25)9-7-17-6-8-18(27-4)19(12-17)28-5/h6,8,10-12H,7,9,13H2,1-5H3,(H,23,25)(H,24,26). The lowest BCUT2D eigenvalue weighted by Crippen LogP contribution is -2.33. The fourth-order valence-corrected chi connectivity index (χ4v) is 3.12. The predicted octanol–water partition coefficient (Wildman–Crippen LogP) is 3.32. The molecular formula is C22H28N2O4. The molecule has 6 nitrogen and oxygen atoms in total. The van der Waals surface area contributed by atoms with Crippen molar-refractivity contribution in [1.29, 1.82) is 0 Å². The van der Waals surface area contributed by atoms with Gasteiger partial charge in [-0.05, 0) is 56.0 Å². The first-order valence-electron chi connectivity index (χ1n) is 9.19. The highest BCUT2D eigenvalue weighted by Crippen LogP contribution is 2.28. The monoisotopic (exact) mass is 384 g/mol. The first-order chi connectivity index (χ1) is 13.3. The van der Waals surface area contributed by atoms with Gasteiger partial charge in [-0.25, -0.2) is 0 Å². The molecule has 6 heteroatoms. The second kappa shape index (κ2) is 9.78. The number of ether oxygens (including phenoxy) is 2. The first kappa shape index (κ1) is 21.3. The van der Waals surface area contributed by atoms with Gasteiger partial charge in [-0.3, -0.25) is 9.59 Å². The summed E-state index contributed by atoms with van der Waals surface area (Å²) in [4.78, 5) is 24.3. The highest BCUT2D eigenvalue weighted by atomic mass is 16.5. The molecule has 2 amide bonds. The molecule has 2 rings (SSSR count). The Morgan fingerprint density at radius 1 is 0.893 bits per heavy atom. The zero-order valence-corrected chi connectivity index (χ0v) is 17.1. The molecule has 0 aliphatic carbocycles. The molecule has 0 radical (unpaired) electrons. The largest absolute Gasteiger partial charge is 0.493 e. The Morgan fingerprint density at radius 3 is 2.14 bits per heavy atom. The maximum absolute atomic E-state index is 12.2. The van der Waals surface area contributed by atoms with Crippen molar-refractivity contribution in [3.63, 3.8) is 0 Å². The number of nitrogens with one attached hydrogen (secondary N) is 2. The normalized spacial score (nSPS) is 10.3. The third-order valence-electron chi connectivity index (χ3n) is 4.48. The van der Waals surface area contributed by atoms with Crippen LogP contribution in [-0.2, 0) is 16.0 Å². The lowest BCUT2D eigenvalue weighted by molar-refractivity contribution is -0.124. The molecule has 150 valence electrons. The van der Waals surface area contributed by atoms with E-state index in [2.05, 4.69) is 10.6 Å². The Kier molecular flexibility index (Phi) is 7.44. The zero-order chi connectivity index (χ0) is 20.7. The van der Waals surface area contributed by atoms with E-state index in [9.17, 15) is 9.59 Å². The van der Waals surface area contributed by atoms with Crippen molar-refractivity contribution in [1.82, 2.24) is 5.32 Å². The Morgan fingerprint density at radius 2 is 1.54 bits per heavy atom. The molecule has 0 atom stereocenters. The van der Waals surface area contributed by atoms with Crippen LogP contribution in [0.25, 0.3) is 0 Å². The lowest BCUT2D eigenvalue weighted by Gasteiger charge is -2.13. The second-order valence-electron chi connectivity index (χ2n) is 6.79. The van der Waals surface area contributed by atoms with Crippen LogP contribution in [0.15, 0.2) is 30.3 Å². The molecule has 0 spiro atoms. The second-order valence-corrected chi connectivity index (χ2v) is 6.79. The Hall–Kier alpha value is -3.02. The van der Waals surface area contributed by atoms with Crippen LogP contribution in [0, 0.1) is 20.8 Å². The number of benzene rings is 2. The fraction of sp³-hybridized carbons (Fsp3) is 0.364. The highest BCUT2D eigenvalue weighted by Gasteiger charge is 2.11. The van der Waals surface area contributed by atoms with E-state index in [1.54, 1.807) is 14.2 Å². The molecule has 2 aromatic rings. The first-order valence-corrected chi connectivity index (χ1v) is 9.19. The SMILES string of the molecule is COc1ccc(CCC(=O)NCC(=O)Nc2c(C)cc(C)cc2C)cc1OC. The van der Waals surface area contributed by atoms with Gasteiger partial charge in [0.25, 0.3) is 0 Å². The number of hydrogen-bond acceptors (Lipinski definition) is 4. The van der Waals surface area contributed by atoms with E-state index in [0.29, 0.717) is 17.9 Å². The van der Waals surface area contributed by atoms with Gasteiger partial charge in [-0.2, -0.15) is 0 Å². The average molecular weight is 384 g/mol. The molecule has 0 saturated heterocycles. The van der Waals surface area contributed by atoms with Crippen LogP contribution >= 0.6 is 0 Å². The quantitative estimate of drug-likeness (QED) is 0.732. The van der Waals surface area contributed by atoms with Crippen LogP contribution in [0.2, 0.25) is 0 Å². The number of carbonyl (C=O) groups is 2. The third kappa shape index (κ3) is 5.74. The van der Waals surface area contributed by atoms with Crippen LogP contribution in [0.4, 0.5) is 5.69 Å². The predicted molar refractivity (Wildman–Crippen MR) is 110 cm³/mol. The molecule has 0 aliphatic rings. The molecule has 2 aromatic carbocycles. The molecule has 0 saturated carbocycles. The van der Waals surface area contributed by atoms with Crippen molar-refractivity contribution in [2.45, 2.75) is 33.6 Å². The number of anilines is 1. The van der Waals surface area contributed by atoms with Crippen molar-refractivity contribution < 1.29 is 19.1 Å². The number of aryl methyl sites for hydroxylation is 4. The summed E-state index contributed by atoms with van der Waals surface area (Å²) in [7, 11) is 3.15. The number of rotatable bonds is 8. The maximum Gasteiger partial charge on any atom is 0.243 e. The van der Waals surface area contributed by atoms with E-state index in [4.69, 9.17) is 9.47 Å². The summed E-state index contributed by atoms with van der Waals surface area (Å²) < 4.78 is 10.5. The van der Waals surface area contributed by atoms with E-state index in [1.165, 1.54) is 0 Å². The van der Waals surface area contributed by atoms with E-state index < -0.39 is 0 Å². The van der Waals surface area contributed by atoms with Gasteiger partial charge in [0, 0.05) is 12.1 Å². The van der Waals surface area contributed by atoms with Gasteiger partial charge < -0.3 is 20.1 Å². The molecule has 0 aliphatic heterocycles. The molecule has 0 heterocycles. The Labute approximate surface area is 166 Å². The Bertz CT molecular complexity index is 839. The summed E-state index contributed by atoms with van der Waals surface area (Å²) in [5.74, 6) is 0.856. The smallest absolute Gasteiger partial charge is 0.243 e. The summed E-state index contributed by atoms with van der Waals surface area (Å²) >= 11 is 0. The number of hydrogen-bond donors (Lipinski definition) is 2. The van der Waals surface area contributed by atoms with Gasteiger partial charge in [-0.15, -0.1) is 0 Å². The Balaban J connectivity index is 1.83. The van der Waals surface area contributed by atoms with Crippen molar-refractivity contribution >= 4 is 17.5 Å². The van der Waals surface area contributed by atoms with Gasteiger partial charge in [0.15, 0.2) is 11.5 Å². The summed E-state index contributed by atoms with van der Waals surface area (Å²) in [5.41, 5.74) is 4.92. The molecule has 28 heavy (non-hydrogen) atoms. The molecule has 2 N–H and O–H groups in total. The van der Waals surface area contributed by atoms with Crippen LogP contribution < -0.4 is 20.1 Å². The van der Waals surface area contributed by atoms with Crippen LogP contribution in [0.1, 0.15) is 28.7 Å². The molecule has 0 aromatic heterocycles. The average Bonchev–Trinajstić information content (AvgIpc) is 2.67. The topological polar surface area (TPSA) is 76.7 Å². The minimum absolute atomic E-state index is 0.0580. The number of amides is 2. The minimum Gasteiger partial charge on any atom is -0.493 e. The van der Waals surface area contributed by atoms with Crippen LogP contribution in [0.3, 0.4) is 0 Å². The molecule has 0 unspecified atom stereocenters. The van der Waals surface area contributed by atoms with Crippen molar-refractivity contribution in [2.75, 3.05) is 26.1 Å². The number of carbonyl (C=O) groups excluding carboxylic acids is 2. The van der Waals surface area contributed by atoms with Gasteiger partial charge in [0.2, 0.25) is 11.8 Å².